The van der Waals surface area contributed by atoms with Crippen LogP contribution < -0.4 is 0 Å². The second-order valence-electron chi connectivity index (χ2n) is 3.90. The van der Waals surface area contributed by atoms with Crippen molar-refractivity contribution in [2.75, 3.05) is 0 Å². The summed E-state index contributed by atoms with van der Waals surface area (Å²) in [5.74, 6) is 0.307. The molecule has 0 saturated carbocycles. The minimum Gasteiger partial charge on any atom is -0.508 e. The number of Topliss-reactive ketones (excluding diaryl/α,β-unsaturated/α-hetero) is 1. The highest BCUT2D eigenvalue weighted by Crippen LogP contribution is 2.31. The van der Waals surface area contributed by atoms with Crippen molar-refractivity contribution in [2.45, 2.75) is 12.8 Å². The smallest absolute Gasteiger partial charge is 0.167 e. The van der Waals surface area contributed by atoms with E-state index in [-0.39, 0.29) is 11.5 Å². The number of aromatic amines is 1. The fraction of sp³-hybridized carbons (Fsp3) is 0.167. The van der Waals surface area contributed by atoms with Crippen molar-refractivity contribution in [1.82, 2.24) is 10.2 Å². The topological polar surface area (TPSA) is 66.0 Å². The lowest BCUT2D eigenvalue weighted by Crippen LogP contribution is -1.93. The van der Waals surface area contributed by atoms with E-state index in [2.05, 4.69) is 10.2 Å². The van der Waals surface area contributed by atoms with E-state index < -0.39 is 0 Å². The molecule has 80 valence electrons. The zero-order valence-electron chi connectivity index (χ0n) is 8.53. The molecule has 1 heterocycles. The Morgan fingerprint density at radius 1 is 1.31 bits per heavy atom. The van der Waals surface area contributed by atoms with E-state index in [4.69, 9.17) is 0 Å². The Morgan fingerprint density at radius 3 is 3.00 bits per heavy atom. The predicted molar refractivity (Wildman–Crippen MR) is 58.3 cm³/mol. The number of nitrogens with zero attached hydrogens (tertiary/aromatic N) is 1. The van der Waals surface area contributed by atoms with Crippen molar-refractivity contribution >= 4 is 5.78 Å². The number of benzene rings is 1. The minimum absolute atomic E-state index is 0.127. The van der Waals surface area contributed by atoms with Crippen LogP contribution in [0.4, 0.5) is 0 Å². The molecule has 0 atom stereocenters. The summed E-state index contributed by atoms with van der Waals surface area (Å²) < 4.78 is 0. The lowest BCUT2D eigenvalue weighted by atomic mass is 10.1. The Morgan fingerprint density at radius 2 is 2.19 bits per heavy atom. The first-order chi connectivity index (χ1) is 7.75. The molecule has 0 amide bonds. The molecule has 1 aromatic heterocycles. The van der Waals surface area contributed by atoms with Crippen molar-refractivity contribution in [3.8, 4) is 17.0 Å². The molecule has 3 rings (SSSR count). The van der Waals surface area contributed by atoms with Crippen molar-refractivity contribution in [1.29, 1.82) is 0 Å². The van der Waals surface area contributed by atoms with Crippen molar-refractivity contribution < 1.29 is 9.90 Å². The Bertz CT molecular complexity index is 572. The van der Waals surface area contributed by atoms with E-state index in [1.807, 2.05) is 6.07 Å². The highest BCUT2D eigenvalue weighted by atomic mass is 16.3. The molecule has 0 radical (unpaired) electrons. The van der Waals surface area contributed by atoms with E-state index in [0.717, 1.165) is 17.7 Å². The average Bonchev–Trinajstić information content (AvgIpc) is 2.82. The number of aryl methyl sites for hydroxylation is 1. The second-order valence-corrected chi connectivity index (χ2v) is 3.90. The molecule has 1 aromatic carbocycles. The van der Waals surface area contributed by atoms with Crippen LogP contribution in [0.25, 0.3) is 11.3 Å². The number of carbonyl (C=O) groups is 1. The van der Waals surface area contributed by atoms with E-state index in [1.54, 1.807) is 18.2 Å². The molecule has 2 aromatic rings. The first-order valence-electron chi connectivity index (χ1n) is 5.15. The maximum atomic E-state index is 11.7. The molecule has 0 saturated heterocycles. The molecule has 4 nitrogen and oxygen atoms in total. The van der Waals surface area contributed by atoms with Gasteiger partial charge in [-0.1, -0.05) is 12.1 Å². The van der Waals surface area contributed by atoms with Gasteiger partial charge in [-0.25, -0.2) is 0 Å². The number of rotatable bonds is 1. The van der Waals surface area contributed by atoms with Gasteiger partial charge in [0.15, 0.2) is 5.78 Å². The third-order valence-corrected chi connectivity index (χ3v) is 2.84. The van der Waals surface area contributed by atoms with Crippen molar-refractivity contribution in [3.63, 3.8) is 0 Å². The standard InChI is InChI=1S/C12H10N2O2/c15-8-3-1-2-7(6-8)12-11-9(13-14-12)4-5-10(11)16/h1-3,6,15H,4-5H2,(H,13,14). The maximum absolute atomic E-state index is 11.7. The molecular formula is C12H10N2O2. The first kappa shape index (κ1) is 9.15. The highest BCUT2D eigenvalue weighted by Gasteiger charge is 2.26. The number of carbonyl (C=O) groups excluding carboxylic acids is 1. The number of fused-ring (bicyclic) bond motifs is 1. The molecule has 16 heavy (non-hydrogen) atoms. The number of hydrogen-bond donors (Lipinski definition) is 2. The monoisotopic (exact) mass is 214 g/mol. The maximum Gasteiger partial charge on any atom is 0.167 e. The van der Waals surface area contributed by atoms with Gasteiger partial charge in [0.05, 0.1) is 5.56 Å². The number of H-pyrrole nitrogens is 1. The lowest BCUT2D eigenvalue weighted by Gasteiger charge is -1.99. The number of phenols is 1. The average molecular weight is 214 g/mol. The molecule has 0 fully saturated rings. The predicted octanol–water partition coefficient (Wildman–Crippen LogP) is 1.91. The quantitative estimate of drug-likeness (QED) is 0.762. The fourth-order valence-electron chi connectivity index (χ4n) is 2.08. The van der Waals surface area contributed by atoms with Crippen LogP contribution >= 0.6 is 0 Å². The van der Waals surface area contributed by atoms with Gasteiger partial charge in [-0.05, 0) is 18.6 Å². The Hall–Kier alpha value is -2.10. The zero-order chi connectivity index (χ0) is 11.1. The van der Waals surface area contributed by atoms with Crippen LogP contribution in [0, 0.1) is 0 Å². The van der Waals surface area contributed by atoms with E-state index >= 15 is 0 Å². The summed E-state index contributed by atoms with van der Waals surface area (Å²) in [5.41, 5.74) is 3.01. The summed E-state index contributed by atoms with van der Waals surface area (Å²) in [6.45, 7) is 0. The molecular weight excluding hydrogens is 204 g/mol. The van der Waals surface area contributed by atoms with Crippen LogP contribution in [0.1, 0.15) is 22.5 Å². The number of hydrogen-bond acceptors (Lipinski definition) is 3. The highest BCUT2D eigenvalue weighted by molar-refractivity contribution is 6.05. The van der Waals surface area contributed by atoms with Gasteiger partial charge in [0.2, 0.25) is 0 Å². The Kier molecular flexibility index (Phi) is 1.83. The van der Waals surface area contributed by atoms with Gasteiger partial charge in [0.25, 0.3) is 0 Å². The van der Waals surface area contributed by atoms with Gasteiger partial charge in [-0.15, -0.1) is 0 Å². The Labute approximate surface area is 91.9 Å². The fourth-order valence-corrected chi connectivity index (χ4v) is 2.08. The van der Waals surface area contributed by atoms with Crippen molar-refractivity contribution in [2.24, 2.45) is 0 Å². The lowest BCUT2D eigenvalue weighted by molar-refractivity contribution is 0.0995. The van der Waals surface area contributed by atoms with Crippen LogP contribution in [0.3, 0.4) is 0 Å². The minimum atomic E-state index is 0.127. The number of ketones is 1. The number of aromatic nitrogens is 2. The van der Waals surface area contributed by atoms with Gasteiger partial charge < -0.3 is 5.11 Å². The molecule has 4 heteroatoms. The van der Waals surface area contributed by atoms with E-state index in [0.29, 0.717) is 17.7 Å². The molecule has 2 N–H and O–H groups in total. The second kappa shape index (κ2) is 3.20. The van der Waals surface area contributed by atoms with E-state index in [1.165, 1.54) is 0 Å². The molecule has 0 spiro atoms. The number of phenolic OH excluding ortho intramolecular Hbond substituents is 1. The summed E-state index contributed by atoms with van der Waals surface area (Å²) in [7, 11) is 0. The Balaban J connectivity index is 2.18. The van der Waals surface area contributed by atoms with Crippen LogP contribution in [0.2, 0.25) is 0 Å². The van der Waals surface area contributed by atoms with Crippen LogP contribution in [0.5, 0.6) is 5.75 Å². The summed E-state index contributed by atoms with van der Waals surface area (Å²) in [5, 5.41) is 16.4. The first-order valence-corrected chi connectivity index (χ1v) is 5.15. The molecule has 0 aliphatic heterocycles. The summed E-state index contributed by atoms with van der Waals surface area (Å²) in [4.78, 5) is 11.7. The third kappa shape index (κ3) is 1.23. The van der Waals surface area contributed by atoms with Gasteiger partial charge in [-0.2, -0.15) is 5.10 Å². The summed E-state index contributed by atoms with van der Waals surface area (Å²) >= 11 is 0. The van der Waals surface area contributed by atoms with Crippen molar-refractivity contribution in [3.05, 3.63) is 35.5 Å². The zero-order valence-corrected chi connectivity index (χ0v) is 8.53. The molecule has 0 bridgehead atoms. The number of nitrogens with one attached hydrogen (secondary N) is 1. The molecule has 0 unspecified atom stereocenters. The largest absolute Gasteiger partial charge is 0.508 e. The number of aromatic hydroxyl groups is 1. The molecule has 1 aliphatic carbocycles. The normalized spacial score (nSPS) is 14.1. The van der Waals surface area contributed by atoms with Crippen LogP contribution in [-0.2, 0) is 6.42 Å². The molecule has 1 aliphatic rings. The summed E-state index contributed by atoms with van der Waals surface area (Å²) in [6, 6.07) is 6.78. The van der Waals surface area contributed by atoms with Gasteiger partial charge >= 0.3 is 0 Å². The third-order valence-electron chi connectivity index (χ3n) is 2.84. The van der Waals surface area contributed by atoms with Gasteiger partial charge in [-0.3, -0.25) is 9.89 Å². The van der Waals surface area contributed by atoms with E-state index in [9.17, 15) is 9.90 Å². The van der Waals surface area contributed by atoms with Crippen LogP contribution in [0.15, 0.2) is 24.3 Å². The van der Waals surface area contributed by atoms with Gasteiger partial charge in [0, 0.05) is 17.7 Å². The van der Waals surface area contributed by atoms with Gasteiger partial charge in [0.1, 0.15) is 11.4 Å². The van der Waals surface area contributed by atoms with Crippen LogP contribution in [-0.4, -0.2) is 21.1 Å². The SMILES string of the molecule is O=C1CCc2[nH]nc(-c3cccc(O)c3)c21. The summed E-state index contributed by atoms with van der Waals surface area (Å²) in [6.07, 6.45) is 1.29.